The third-order valence-corrected chi connectivity index (χ3v) is 8.15. The molecule has 42 heavy (non-hydrogen) atoms. The fourth-order valence-electron chi connectivity index (χ4n) is 5.52. The molecule has 9 nitrogen and oxygen atoms in total. The third-order valence-electron chi connectivity index (χ3n) is 8.15. The van der Waals surface area contributed by atoms with E-state index in [1.807, 2.05) is 30.7 Å². The first-order chi connectivity index (χ1) is 19.8. The standard InChI is InChI=1S/C29H33F4N7O2/c1-17-14-40(15-18(2)38(17)4)25-11-23(30)20(19-12-34-28(35-13-19)39-7-5-6-8-39)9-24(25)36-27(42)21-16-37(3)26(41)10-22(21)29(31,32)33/h9-13,16-18H,5-8,14-15H2,1-4H3,(H,36,42)/t17-,18?/m0/s1. The minimum atomic E-state index is -4.94. The molecule has 2 aliphatic rings. The van der Waals surface area contributed by atoms with E-state index < -0.39 is 34.6 Å². The number of alkyl halides is 3. The summed E-state index contributed by atoms with van der Waals surface area (Å²) in [5, 5.41) is 2.59. The maximum atomic E-state index is 15.7. The highest BCUT2D eigenvalue weighted by molar-refractivity contribution is 6.07. The molecule has 0 spiro atoms. The van der Waals surface area contributed by atoms with Gasteiger partial charge in [0.2, 0.25) is 5.95 Å². The van der Waals surface area contributed by atoms with Gasteiger partial charge in [-0.15, -0.1) is 0 Å². The van der Waals surface area contributed by atoms with Crippen LogP contribution >= 0.6 is 0 Å². The van der Waals surface area contributed by atoms with E-state index in [0.717, 1.165) is 36.7 Å². The molecule has 1 unspecified atom stereocenters. The van der Waals surface area contributed by atoms with E-state index in [4.69, 9.17) is 0 Å². The molecule has 13 heteroatoms. The van der Waals surface area contributed by atoms with Gasteiger partial charge in [0.1, 0.15) is 5.82 Å². The molecule has 0 radical (unpaired) electrons. The van der Waals surface area contributed by atoms with Crippen molar-refractivity contribution in [3.8, 4) is 11.1 Å². The lowest BCUT2D eigenvalue weighted by Gasteiger charge is -2.44. The molecule has 0 aliphatic carbocycles. The number of likely N-dealkylation sites (N-methyl/N-ethyl adjacent to an activating group) is 1. The number of nitrogens with one attached hydrogen (secondary N) is 1. The van der Waals surface area contributed by atoms with E-state index in [1.165, 1.54) is 31.6 Å². The summed E-state index contributed by atoms with van der Waals surface area (Å²) in [6.45, 7) is 6.72. The first-order valence-corrected chi connectivity index (χ1v) is 13.8. The van der Waals surface area contributed by atoms with Crippen molar-refractivity contribution in [1.29, 1.82) is 0 Å². The average molecular weight is 588 g/mol. The van der Waals surface area contributed by atoms with Gasteiger partial charge in [-0.2, -0.15) is 13.2 Å². The van der Waals surface area contributed by atoms with Gasteiger partial charge in [0.15, 0.2) is 0 Å². The molecule has 5 rings (SSSR count). The molecule has 2 fully saturated rings. The van der Waals surface area contributed by atoms with Crippen molar-refractivity contribution in [1.82, 2.24) is 19.4 Å². The van der Waals surface area contributed by atoms with Crippen molar-refractivity contribution in [2.45, 2.75) is 44.9 Å². The molecular formula is C29H33F4N7O2. The van der Waals surface area contributed by atoms with Gasteiger partial charge in [0, 0.05) is 81.1 Å². The Balaban J connectivity index is 1.57. The zero-order valence-electron chi connectivity index (χ0n) is 23.9. The molecule has 224 valence electrons. The summed E-state index contributed by atoms with van der Waals surface area (Å²) >= 11 is 0. The number of carbonyl (C=O) groups is 1. The fraction of sp³-hybridized carbons (Fsp3) is 0.448. The number of anilines is 3. The monoisotopic (exact) mass is 587 g/mol. The van der Waals surface area contributed by atoms with Crippen LogP contribution in [0.25, 0.3) is 11.1 Å². The third kappa shape index (κ3) is 5.83. The molecule has 3 aromatic rings. The number of halogens is 4. The van der Waals surface area contributed by atoms with Gasteiger partial charge >= 0.3 is 6.18 Å². The first kappa shape index (κ1) is 29.5. The number of carbonyl (C=O) groups excluding carboxylic acids is 1. The van der Waals surface area contributed by atoms with E-state index in [0.29, 0.717) is 36.4 Å². The van der Waals surface area contributed by atoms with Crippen LogP contribution in [0.2, 0.25) is 0 Å². The van der Waals surface area contributed by atoms with Crippen molar-refractivity contribution in [2.24, 2.45) is 7.05 Å². The number of benzene rings is 1. The van der Waals surface area contributed by atoms with Crippen LogP contribution in [0.3, 0.4) is 0 Å². The van der Waals surface area contributed by atoms with Crippen LogP contribution in [0.15, 0.2) is 41.6 Å². The Bertz CT molecular complexity index is 1520. The summed E-state index contributed by atoms with van der Waals surface area (Å²) in [5.41, 5.74) is -2.05. The second-order valence-corrected chi connectivity index (χ2v) is 11.1. The van der Waals surface area contributed by atoms with Crippen LogP contribution in [-0.2, 0) is 13.2 Å². The predicted octanol–water partition coefficient (Wildman–Crippen LogP) is 4.38. The Morgan fingerprint density at radius 3 is 2.19 bits per heavy atom. The number of amides is 1. The number of rotatable bonds is 5. The normalized spacial score (nSPS) is 19.8. The molecule has 0 saturated carbocycles. The number of aromatic nitrogens is 3. The van der Waals surface area contributed by atoms with Gasteiger partial charge in [0.25, 0.3) is 11.5 Å². The molecule has 2 aliphatic heterocycles. The largest absolute Gasteiger partial charge is 0.417 e. The number of pyridine rings is 1. The molecule has 2 atom stereocenters. The Kier molecular flexibility index (Phi) is 7.97. The van der Waals surface area contributed by atoms with Crippen LogP contribution in [0, 0.1) is 5.82 Å². The molecule has 1 aromatic carbocycles. The molecular weight excluding hydrogens is 554 g/mol. The Morgan fingerprint density at radius 2 is 1.60 bits per heavy atom. The first-order valence-electron chi connectivity index (χ1n) is 13.8. The van der Waals surface area contributed by atoms with E-state index >= 15 is 4.39 Å². The lowest BCUT2D eigenvalue weighted by Crippen LogP contribution is -2.55. The van der Waals surface area contributed by atoms with E-state index in [9.17, 15) is 22.8 Å². The van der Waals surface area contributed by atoms with Crippen LogP contribution in [0.5, 0.6) is 0 Å². The van der Waals surface area contributed by atoms with Crippen LogP contribution in [-0.4, -0.2) is 70.7 Å². The van der Waals surface area contributed by atoms with Crippen LogP contribution in [0.4, 0.5) is 34.9 Å². The highest BCUT2D eigenvalue weighted by Gasteiger charge is 2.37. The molecule has 0 bridgehead atoms. The van der Waals surface area contributed by atoms with Crippen LogP contribution in [0.1, 0.15) is 42.6 Å². The quantitative estimate of drug-likeness (QED) is 0.444. The van der Waals surface area contributed by atoms with Gasteiger partial charge in [-0.25, -0.2) is 14.4 Å². The summed E-state index contributed by atoms with van der Waals surface area (Å²) in [5.74, 6) is -1.12. The number of nitrogens with zero attached hydrogens (tertiary/aromatic N) is 6. The lowest BCUT2D eigenvalue weighted by atomic mass is 10.0. The van der Waals surface area contributed by atoms with Gasteiger partial charge in [-0.1, -0.05) is 0 Å². The molecule has 2 aromatic heterocycles. The lowest BCUT2D eigenvalue weighted by molar-refractivity contribution is -0.138. The zero-order chi connectivity index (χ0) is 30.3. The summed E-state index contributed by atoms with van der Waals surface area (Å²) in [7, 11) is 3.25. The van der Waals surface area contributed by atoms with E-state index in [2.05, 4.69) is 20.2 Å². The van der Waals surface area contributed by atoms with Crippen molar-refractivity contribution in [2.75, 3.05) is 48.3 Å². The highest BCUT2D eigenvalue weighted by atomic mass is 19.4. The zero-order valence-corrected chi connectivity index (χ0v) is 23.9. The molecule has 1 amide bonds. The number of hydrogen-bond donors (Lipinski definition) is 1. The highest BCUT2D eigenvalue weighted by Crippen LogP contribution is 2.37. The number of piperazine rings is 1. The fourth-order valence-corrected chi connectivity index (χ4v) is 5.52. The van der Waals surface area contributed by atoms with Crippen molar-refractivity contribution in [3.63, 3.8) is 0 Å². The molecule has 2 saturated heterocycles. The summed E-state index contributed by atoms with van der Waals surface area (Å²) < 4.78 is 58.1. The second kappa shape index (κ2) is 11.3. The van der Waals surface area contributed by atoms with E-state index in [1.54, 1.807) is 0 Å². The average Bonchev–Trinajstić information content (AvgIpc) is 3.48. The Hall–Kier alpha value is -4.00. The number of hydrogen-bond acceptors (Lipinski definition) is 7. The summed E-state index contributed by atoms with van der Waals surface area (Å²) in [6.07, 6.45) is 1.00. The van der Waals surface area contributed by atoms with Crippen molar-refractivity contribution in [3.05, 3.63) is 64.1 Å². The smallest absolute Gasteiger partial charge is 0.367 e. The topological polar surface area (TPSA) is 86.6 Å². The van der Waals surface area contributed by atoms with Gasteiger partial charge in [-0.3, -0.25) is 14.5 Å². The Morgan fingerprint density at radius 1 is 0.976 bits per heavy atom. The van der Waals surface area contributed by atoms with Gasteiger partial charge < -0.3 is 19.7 Å². The van der Waals surface area contributed by atoms with Crippen molar-refractivity contribution < 1.29 is 22.4 Å². The summed E-state index contributed by atoms with van der Waals surface area (Å²) in [6, 6.07) is 3.27. The molecule has 1 N–H and O–H groups in total. The summed E-state index contributed by atoms with van der Waals surface area (Å²) in [4.78, 5) is 40.3. The van der Waals surface area contributed by atoms with Crippen molar-refractivity contribution >= 4 is 23.2 Å². The maximum Gasteiger partial charge on any atom is 0.417 e. The number of aryl methyl sites for hydroxylation is 1. The predicted molar refractivity (Wildman–Crippen MR) is 152 cm³/mol. The Labute approximate surface area is 240 Å². The molecule has 4 heterocycles. The minimum Gasteiger partial charge on any atom is -0.367 e. The minimum absolute atomic E-state index is 0.0899. The van der Waals surface area contributed by atoms with Gasteiger partial charge in [-0.05, 0) is 45.9 Å². The SMILES string of the molecule is CC1CN(c2cc(F)c(-c3cnc(N4CCCC4)nc3)cc2NC(=O)c2cn(C)c(=O)cc2C(F)(F)F)C[C@H](C)N1C. The van der Waals surface area contributed by atoms with Crippen LogP contribution < -0.4 is 20.7 Å². The second-order valence-electron chi connectivity index (χ2n) is 11.1. The maximum absolute atomic E-state index is 15.7. The van der Waals surface area contributed by atoms with Gasteiger partial charge in [0.05, 0.1) is 22.5 Å². The van der Waals surface area contributed by atoms with E-state index in [-0.39, 0.29) is 23.3 Å².